The summed E-state index contributed by atoms with van der Waals surface area (Å²) in [6, 6.07) is 0.581. The number of hydrogen-bond acceptors (Lipinski definition) is 1. The van der Waals surface area contributed by atoms with Crippen molar-refractivity contribution >= 4 is 11.0 Å². The molecule has 1 fully saturated rings. The lowest BCUT2D eigenvalue weighted by molar-refractivity contribution is 0.670. The summed E-state index contributed by atoms with van der Waals surface area (Å²) in [4.78, 5) is 0. The fraction of sp³-hybridized carbons (Fsp3) is 1.00. The highest BCUT2D eigenvalue weighted by atomic mass is 32.2. The lowest BCUT2D eigenvalue weighted by atomic mass is 10.6. The molecule has 0 spiro atoms. The zero-order valence-corrected chi connectivity index (χ0v) is 6.54. The molecular weight excluding hydrogens is 134 g/mol. The van der Waals surface area contributed by atoms with E-state index in [2.05, 4.69) is 4.72 Å². The first-order valence-electron chi connectivity index (χ1n) is 3.47. The molecule has 0 aromatic carbocycles. The van der Waals surface area contributed by atoms with Gasteiger partial charge in [-0.05, 0) is 19.3 Å². The third-order valence-corrected chi connectivity index (χ3v) is 2.64. The first-order valence-corrected chi connectivity index (χ1v) is 4.79. The molecule has 0 heterocycles. The van der Waals surface area contributed by atoms with Crippen LogP contribution in [0, 0.1) is 0 Å². The minimum atomic E-state index is -0.738. The van der Waals surface area contributed by atoms with E-state index >= 15 is 0 Å². The Bertz CT molecular complexity index is 112. The average molecular weight is 147 g/mol. The highest BCUT2D eigenvalue weighted by molar-refractivity contribution is 7.83. The van der Waals surface area contributed by atoms with E-state index in [9.17, 15) is 4.21 Å². The second-order valence-corrected chi connectivity index (χ2v) is 3.78. The standard InChI is InChI=1S/C6H13NOS/c1-2-5-9(8)7-6-3-4-6/h6-7H,2-5H2,1H3. The molecule has 1 N–H and O–H groups in total. The maximum Gasteiger partial charge on any atom is 0.0917 e. The van der Waals surface area contributed by atoms with E-state index in [1.54, 1.807) is 0 Å². The van der Waals surface area contributed by atoms with Gasteiger partial charge in [0, 0.05) is 11.8 Å². The van der Waals surface area contributed by atoms with E-state index in [0.29, 0.717) is 6.04 Å². The molecule has 0 saturated heterocycles. The normalized spacial score (nSPS) is 21.9. The minimum Gasteiger partial charge on any atom is -0.243 e. The average Bonchev–Trinajstić information content (AvgIpc) is 2.50. The first-order chi connectivity index (χ1) is 4.33. The fourth-order valence-corrected chi connectivity index (χ4v) is 1.73. The fourth-order valence-electron chi connectivity index (χ4n) is 0.631. The zero-order valence-electron chi connectivity index (χ0n) is 5.72. The Kier molecular flexibility index (Phi) is 2.66. The lowest BCUT2D eigenvalue weighted by Crippen LogP contribution is -2.21. The van der Waals surface area contributed by atoms with Gasteiger partial charge < -0.3 is 0 Å². The summed E-state index contributed by atoms with van der Waals surface area (Å²) in [5, 5.41) is 0. The summed E-state index contributed by atoms with van der Waals surface area (Å²) >= 11 is 0. The van der Waals surface area contributed by atoms with Crippen LogP contribution in [-0.4, -0.2) is 16.0 Å². The Morgan fingerprint density at radius 2 is 2.33 bits per heavy atom. The molecular formula is C6H13NOS. The van der Waals surface area contributed by atoms with Gasteiger partial charge in [-0.2, -0.15) is 0 Å². The van der Waals surface area contributed by atoms with Crippen LogP contribution in [0.4, 0.5) is 0 Å². The third-order valence-electron chi connectivity index (χ3n) is 1.26. The van der Waals surface area contributed by atoms with Gasteiger partial charge in [0.2, 0.25) is 0 Å². The zero-order chi connectivity index (χ0) is 6.69. The highest BCUT2D eigenvalue weighted by Crippen LogP contribution is 2.18. The summed E-state index contributed by atoms with van der Waals surface area (Å²) in [5.41, 5.74) is 0. The van der Waals surface area contributed by atoms with E-state index in [1.165, 1.54) is 12.8 Å². The van der Waals surface area contributed by atoms with Crippen molar-refractivity contribution < 1.29 is 4.21 Å². The SMILES string of the molecule is CCCS(=O)NC1CC1. The van der Waals surface area contributed by atoms with Crippen LogP contribution in [0.2, 0.25) is 0 Å². The molecule has 1 aliphatic carbocycles. The molecule has 1 unspecified atom stereocenters. The van der Waals surface area contributed by atoms with Crippen LogP contribution < -0.4 is 4.72 Å². The molecule has 9 heavy (non-hydrogen) atoms. The molecule has 0 aromatic heterocycles. The molecule has 54 valence electrons. The van der Waals surface area contributed by atoms with Crippen molar-refractivity contribution in [2.24, 2.45) is 0 Å². The second kappa shape index (κ2) is 3.32. The van der Waals surface area contributed by atoms with Gasteiger partial charge in [-0.25, -0.2) is 8.93 Å². The molecule has 1 aliphatic rings. The summed E-state index contributed by atoms with van der Waals surface area (Å²) in [5.74, 6) is 0.802. The van der Waals surface area contributed by atoms with Crippen LogP contribution >= 0.6 is 0 Å². The van der Waals surface area contributed by atoms with Crippen molar-refractivity contribution in [1.29, 1.82) is 0 Å². The van der Waals surface area contributed by atoms with Crippen molar-refractivity contribution in [2.45, 2.75) is 32.2 Å². The Balaban J connectivity index is 2.02. The van der Waals surface area contributed by atoms with Crippen LogP contribution in [0.5, 0.6) is 0 Å². The summed E-state index contributed by atoms with van der Waals surface area (Å²) in [7, 11) is -0.738. The largest absolute Gasteiger partial charge is 0.243 e. The van der Waals surface area contributed by atoms with Crippen LogP contribution in [0.25, 0.3) is 0 Å². The van der Waals surface area contributed by atoms with Gasteiger partial charge in [0.05, 0.1) is 11.0 Å². The lowest BCUT2D eigenvalue weighted by Gasteiger charge is -1.98. The quantitative estimate of drug-likeness (QED) is 0.626. The number of hydrogen-bond donors (Lipinski definition) is 1. The van der Waals surface area contributed by atoms with Crippen molar-refractivity contribution in [3.63, 3.8) is 0 Å². The van der Waals surface area contributed by atoms with Crippen LogP contribution in [0.1, 0.15) is 26.2 Å². The Labute approximate surface area is 58.6 Å². The van der Waals surface area contributed by atoms with Crippen molar-refractivity contribution in [2.75, 3.05) is 5.75 Å². The Hall–Kier alpha value is 0.110. The van der Waals surface area contributed by atoms with Crippen LogP contribution in [0.15, 0.2) is 0 Å². The van der Waals surface area contributed by atoms with Crippen LogP contribution in [0.3, 0.4) is 0 Å². The van der Waals surface area contributed by atoms with Gasteiger partial charge in [0.25, 0.3) is 0 Å². The van der Waals surface area contributed by atoms with Crippen molar-refractivity contribution in [1.82, 2.24) is 4.72 Å². The smallest absolute Gasteiger partial charge is 0.0917 e. The Morgan fingerprint density at radius 3 is 2.78 bits per heavy atom. The molecule has 3 heteroatoms. The van der Waals surface area contributed by atoms with Crippen LogP contribution in [-0.2, 0) is 11.0 Å². The molecule has 2 nitrogen and oxygen atoms in total. The summed E-state index contributed by atoms with van der Waals surface area (Å²) < 4.78 is 13.9. The van der Waals surface area contributed by atoms with Gasteiger partial charge >= 0.3 is 0 Å². The van der Waals surface area contributed by atoms with Gasteiger partial charge in [-0.1, -0.05) is 6.92 Å². The monoisotopic (exact) mass is 147 g/mol. The van der Waals surface area contributed by atoms with Gasteiger partial charge in [0.1, 0.15) is 0 Å². The predicted octanol–water partition coefficient (Wildman–Crippen LogP) is 0.812. The molecule has 1 atom stereocenters. The topological polar surface area (TPSA) is 29.1 Å². The third kappa shape index (κ3) is 2.96. The van der Waals surface area contributed by atoms with E-state index in [0.717, 1.165) is 12.2 Å². The van der Waals surface area contributed by atoms with Crippen molar-refractivity contribution in [3.05, 3.63) is 0 Å². The predicted molar refractivity (Wildman–Crippen MR) is 39.5 cm³/mol. The summed E-state index contributed by atoms with van der Waals surface area (Å²) in [6.45, 7) is 2.05. The molecule has 1 saturated carbocycles. The Morgan fingerprint density at radius 1 is 1.67 bits per heavy atom. The molecule has 0 bridgehead atoms. The van der Waals surface area contributed by atoms with E-state index < -0.39 is 11.0 Å². The molecule has 0 radical (unpaired) electrons. The molecule has 0 aliphatic heterocycles. The van der Waals surface area contributed by atoms with E-state index in [1.807, 2.05) is 6.92 Å². The van der Waals surface area contributed by atoms with Gasteiger partial charge in [-0.3, -0.25) is 0 Å². The molecule has 1 rings (SSSR count). The maximum atomic E-state index is 10.9. The second-order valence-electron chi connectivity index (χ2n) is 2.44. The number of rotatable bonds is 4. The molecule has 0 amide bonds. The van der Waals surface area contributed by atoms with Crippen molar-refractivity contribution in [3.8, 4) is 0 Å². The molecule has 0 aromatic rings. The van der Waals surface area contributed by atoms with E-state index in [-0.39, 0.29) is 0 Å². The van der Waals surface area contributed by atoms with Gasteiger partial charge in [-0.15, -0.1) is 0 Å². The highest BCUT2D eigenvalue weighted by Gasteiger charge is 2.22. The maximum absolute atomic E-state index is 10.9. The minimum absolute atomic E-state index is 0.581. The van der Waals surface area contributed by atoms with Gasteiger partial charge in [0.15, 0.2) is 0 Å². The number of nitrogens with one attached hydrogen (secondary N) is 1. The van der Waals surface area contributed by atoms with E-state index in [4.69, 9.17) is 0 Å². The summed E-state index contributed by atoms with van der Waals surface area (Å²) in [6.07, 6.45) is 3.44. The first kappa shape index (κ1) is 7.22.